The number of aromatic nitrogens is 3. The van der Waals surface area contributed by atoms with E-state index in [9.17, 15) is 4.79 Å². The molecule has 1 aliphatic rings. The molecule has 0 saturated carbocycles. The minimum atomic E-state index is -0.189. The van der Waals surface area contributed by atoms with Gasteiger partial charge in [0.15, 0.2) is 5.16 Å². The second-order valence-electron chi connectivity index (χ2n) is 7.11. The van der Waals surface area contributed by atoms with Gasteiger partial charge in [-0.2, -0.15) is 0 Å². The third-order valence-electron chi connectivity index (χ3n) is 4.83. The lowest BCUT2D eigenvalue weighted by atomic mass is 10.2. The molecule has 2 heterocycles. The average molecular weight is 462 g/mol. The maximum atomic E-state index is 12.5. The molecule has 1 amide bonds. The Kier molecular flexibility index (Phi) is 6.51. The molecule has 0 aliphatic carbocycles. The van der Waals surface area contributed by atoms with Gasteiger partial charge < -0.3 is 10.2 Å². The van der Waals surface area contributed by atoms with Crippen LogP contribution < -0.4 is 10.2 Å². The lowest BCUT2D eigenvalue weighted by Gasteiger charge is -2.18. The molecule has 4 rings (SSSR count). The Bertz CT molecular complexity index is 1050. The van der Waals surface area contributed by atoms with Crippen molar-refractivity contribution in [2.24, 2.45) is 0 Å². The van der Waals surface area contributed by atoms with Crippen LogP contribution in [-0.2, 0) is 4.79 Å². The van der Waals surface area contributed by atoms with E-state index in [-0.39, 0.29) is 11.7 Å². The zero-order chi connectivity index (χ0) is 21.1. The first-order chi connectivity index (χ1) is 14.5. The van der Waals surface area contributed by atoms with Crippen molar-refractivity contribution in [1.29, 1.82) is 0 Å². The standard InChI is InChI=1S/C21H21Cl2N5OS/c1-14-4-7-16(8-5-14)28-20(27-10-2-3-11-27)25-26-21(28)30-13-19(29)24-18-12-15(22)6-9-17(18)23/h4-9,12H,2-3,10-11,13H2,1H3,(H,24,29). The van der Waals surface area contributed by atoms with Gasteiger partial charge in [0.05, 0.1) is 22.2 Å². The molecular weight excluding hydrogens is 441 g/mol. The van der Waals surface area contributed by atoms with E-state index < -0.39 is 0 Å². The largest absolute Gasteiger partial charge is 0.341 e. The number of carbonyl (C=O) groups is 1. The van der Waals surface area contributed by atoms with Crippen LogP contribution >= 0.6 is 35.0 Å². The van der Waals surface area contributed by atoms with Crippen molar-refractivity contribution in [2.75, 3.05) is 29.1 Å². The summed E-state index contributed by atoms with van der Waals surface area (Å²) in [4.78, 5) is 14.7. The Morgan fingerprint density at radius 2 is 1.83 bits per heavy atom. The third kappa shape index (κ3) is 4.74. The van der Waals surface area contributed by atoms with Crippen molar-refractivity contribution < 1.29 is 4.79 Å². The minimum Gasteiger partial charge on any atom is -0.341 e. The SMILES string of the molecule is Cc1ccc(-n2c(SCC(=O)Nc3cc(Cl)ccc3Cl)nnc2N2CCCC2)cc1. The van der Waals surface area contributed by atoms with Crippen LogP contribution in [0.15, 0.2) is 47.6 Å². The average Bonchev–Trinajstić information content (AvgIpc) is 3.39. The number of hydrogen-bond donors (Lipinski definition) is 1. The maximum absolute atomic E-state index is 12.5. The van der Waals surface area contributed by atoms with Crippen LogP contribution in [0.5, 0.6) is 0 Å². The summed E-state index contributed by atoms with van der Waals surface area (Å²) < 4.78 is 2.02. The highest BCUT2D eigenvalue weighted by atomic mass is 35.5. The van der Waals surface area contributed by atoms with Gasteiger partial charge in [-0.1, -0.05) is 52.7 Å². The number of carbonyl (C=O) groups excluding carboxylic acids is 1. The Hall–Kier alpha value is -2.22. The third-order valence-corrected chi connectivity index (χ3v) is 6.33. The van der Waals surface area contributed by atoms with E-state index in [1.807, 2.05) is 16.7 Å². The Balaban J connectivity index is 1.54. The quantitative estimate of drug-likeness (QED) is 0.510. The molecule has 1 aliphatic heterocycles. The van der Waals surface area contributed by atoms with E-state index in [4.69, 9.17) is 23.2 Å². The second-order valence-corrected chi connectivity index (χ2v) is 8.89. The molecule has 1 aromatic heterocycles. The number of nitrogens with one attached hydrogen (secondary N) is 1. The summed E-state index contributed by atoms with van der Waals surface area (Å²) in [6.45, 7) is 3.98. The van der Waals surface area contributed by atoms with E-state index in [1.54, 1.807) is 18.2 Å². The fraction of sp³-hybridized carbons (Fsp3) is 0.286. The molecule has 0 radical (unpaired) electrons. The van der Waals surface area contributed by atoms with Gasteiger partial charge in [-0.05, 0) is 50.1 Å². The van der Waals surface area contributed by atoms with Gasteiger partial charge in [0.25, 0.3) is 0 Å². The summed E-state index contributed by atoms with van der Waals surface area (Å²) in [5.41, 5.74) is 2.65. The van der Waals surface area contributed by atoms with Crippen LogP contribution in [0.1, 0.15) is 18.4 Å². The number of benzene rings is 2. The predicted octanol–water partition coefficient (Wildman–Crippen LogP) is 5.21. The van der Waals surface area contributed by atoms with Gasteiger partial charge in [-0.25, -0.2) is 0 Å². The molecule has 6 nitrogen and oxygen atoms in total. The van der Waals surface area contributed by atoms with Crippen LogP contribution in [0.2, 0.25) is 10.0 Å². The highest BCUT2D eigenvalue weighted by Gasteiger charge is 2.23. The molecule has 3 aromatic rings. The lowest BCUT2D eigenvalue weighted by molar-refractivity contribution is -0.113. The Morgan fingerprint density at radius 3 is 2.57 bits per heavy atom. The summed E-state index contributed by atoms with van der Waals surface area (Å²) >= 11 is 13.5. The fourth-order valence-electron chi connectivity index (χ4n) is 3.31. The van der Waals surface area contributed by atoms with Crippen LogP contribution in [0.25, 0.3) is 5.69 Å². The predicted molar refractivity (Wildman–Crippen MR) is 123 cm³/mol. The van der Waals surface area contributed by atoms with E-state index in [1.165, 1.54) is 17.3 Å². The molecule has 2 aromatic carbocycles. The minimum absolute atomic E-state index is 0.173. The molecule has 9 heteroatoms. The van der Waals surface area contributed by atoms with Crippen molar-refractivity contribution in [3.05, 3.63) is 58.1 Å². The lowest BCUT2D eigenvalue weighted by Crippen LogP contribution is -2.22. The monoisotopic (exact) mass is 461 g/mol. The molecule has 30 heavy (non-hydrogen) atoms. The van der Waals surface area contributed by atoms with E-state index in [2.05, 4.69) is 39.5 Å². The summed E-state index contributed by atoms with van der Waals surface area (Å²) in [6, 6.07) is 13.2. The number of aryl methyl sites for hydroxylation is 1. The highest BCUT2D eigenvalue weighted by Crippen LogP contribution is 2.29. The molecular formula is C21H21Cl2N5OS. The zero-order valence-electron chi connectivity index (χ0n) is 16.4. The number of nitrogens with zero attached hydrogens (tertiary/aromatic N) is 4. The van der Waals surface area contributed by atoms with Gasteiger partial charge in [0.1, 0.15) is 0 Å². The van der Waals surface area contributed by atoms with Gasteiger partial charge in [0.2, 0.25) is 11.9 Å². The van der Waals surface area contributed by atoms with Crippen molar-refractivity contribution in [3.8, 4) is 5.69 Å². The summed E-state index contributed by atoms with van der Waals surface area (Å²) in [5.74, 6) is 0.801. The number of halogens is 2. The van der Waals surface area contributed by atoms with Crippen LogP contribution in [0.3, 0.4) is 0 Å². The van der Waals surface area contributed by atoms with Gasteiger partial charge >= 0.3 is 0 Å². The Labute approximate surface area is 189 Å². The smallest absolute Gasteiger partial charge is 0.234 e. The summed E-state index contributed by atoms with van der Waals surface area (Å²) in [5, 5.41) is 13.2. The van der Waals surface area contributed by atoms with E-state index >= 15 is 0 Å². The number of thioether (sulfide) groups is 1. The van der Waals surface area contributed by atoms with Crippen LogP contribution in [-0.4, -0.2) is 39.5 Å². The molecule has 1 saturated heterocycles. The number of anilines is 2. The van der Waals surface area contributed by atoms with Crippen molar-refractivity contribution in [2.45, 2.75) is 24.9 Å². The molecule has 1 N–H and O–H groups in total. The molecule has 0 unspecified atom stereocenters. The van der Waals surface area contributed by atoms with Crippen molar-refractivity contribution >= 4 is 52.5 Å². The first kappa shape index (κ1) is 21.0. The van der Waals surface area contributed by atoms with Crippen LogP contribution in [0.4, 0.5) is 11.6 Å². The van der Waals surface area contributed by atoms with Crippen LogP contribution in [0, 0.1) is 6.92 Å². The molecule has 156 valence electrons. The number of hydrogen-bond acceptors (Lipinski definition) is 5. The van der Waals surface area contributed by atoms with E-state index in [0.29, 0.717) is 20.9 Å². The van der Waals surface area contributed by atoms with E-state index in [0.717, 1.165) is 37.6 Å². The first-order valence-corrected chi connectivity index (χ1v) is 11.4. The molecule has 1 fully saturated rings. The normalized spacial score (nSPS) is 13.6. The van der Waals surface area contributed by atoms with Gasteiger partial charge in [0, 0.05) is 18.1 Å². The number of rotatable bonds is 6. The number of amides is 1. The van der Waals surface area contributed by atoms with Crippen molar-refractivity contribution in [1.82, 2.24) is 14.8 Å². The van der Waals surface area contributed by atoms with Gasteiger partial charge in [-0.3, -0.25) is 9.36 Å². The maximum Gasteiger partial charge on any atom is 0.234 e. The second kappa shape index (κ2) is 9.29. The molecule has 0 spiro atoms. The summed E-state index contributed by atoms with van der Waals surface area (Å²) in [6.07, 6.45) is 2.29. The molecule has 0 bridgehead atoms. The van der Waals surface area contributed by atoms with Gasteiger partial charge in [-0.15, -0.1) is 10.2 Å². The molecule has 0 atom stereocenters. The Morgan fingerprint density at radius 1 is 1.10 bits per heavy atom. The summed E-state index contributed by atoms with van der Waals surface area (Å²) in [7, 11) is 0. The van der Waals surface area contributed by atoms with Crippen molar-refractivity contribution in [3.63, 3.8) is 0 Å². The fourth-order valence-corrected chi connectivity index (χ4v) is 4.39. The highest BCUT2D eigenvalue weighted by molar-refractivity contribution is 7.99. The zero-order valence-corrected chi connectivity index (χ0v) is 18.8. The first-order valence-electron chi connectivity index (χ1n) is 9.66. The topological polar surface area (TPSA) is 63.1 Å².